The number of nitrogens with one attached hydrogen (secondary N) is 2. The van der Waals surface area contributed by atoms with Gasteiger partial charge in [-0.1, -0.05) is 6.07 Å². The van der Waals surface area contributed by atoms with E-state index in [0.717, 1.165) is 0 Å². The first-order chi connectivity index (χ1) is 8.61. The average molecular weight is 290 g/mol. The van der Waals surface area contributed by atoms with Crippen LogP contribution in [0, 0.1) is 5.82 Å². The molecule has 0 atom stereocenters. The molecule has 0 spiro atoms. The quantitative estimate of drug-likeness (QED) is 0.731. The van der Waals surface area contributed by atoms with Crippen molar-refractivity contribution in [2.45, 2.75) is 12.8 Å². The van der Waals surface area contributed by atoms with Crippen molar-refractivity contribution in [2.24, 2.45) is 5.73 Å². The van der Waals surface area contributed by atoms with Crippen LogP contribution in [0.5, 0.6) is 0 Å². The number of halogens is 2. The molecule has 0 saturated carbocycles. The first-order valence-electron chi connectivity index (χ1n) is 5.64. The Labute approximate surface area is 117 Å². The minimum atomic E-state index is -0.431. The Morgan fingerprint density at radius 3 is 2.63 bits per heavy atom. The second kappa shape index (κ2) is 9.29. The number of hydrogen-bond acceptors (Lipinski definition) is 3. The average Bonchev–Trinajstić information content (AvgIpc) is 2.34. The standard InChI is InChI=1S/C12H16FN3O2.ClH/c13-9-3-1-4-10(7-9)16-12(18)8-15-11(17)5-2-6-14;/h1,3-4,7H,2,5-6,8,14H2,(H,15,17)(H,16,18);1H. The van der Waals surface area contributed by atoms with Crippen molar-refractivity contribution in [2.75, 3.05) is 18.4 Å². The molecule has 0 bridgehead atoms. The lowest BCUT2D eigenvalue weighted by atomic mass is 10.3. The second-order valence-corrected chi connectivity index (χ2v) is 3.73. The van der Waals surface area contributed by atoms with E-state index >= 15 is 0 Å². The number of benzene rings is 1. The summed E-state index contributed by atoms with van der Waals surface area (Å²) in [4.78, 5) is 22.6. The number of amides is 2. The number of anilines is 1. The van der Waals surface area contributed by atoms with Crippen molar-refractivity contribution in [3.63, 3.8) is 0 Å². The summed E-state index contributed by atoms with van der Waals surface area (Å²) < 4.78 is 12.8. The number of carbonyl (C=O) groups is 2. The molecular formula is C12H17ClFN3O2. The van der Waals surface area contributed by atoms with Crippen LogP contribution in [0.15, 0.2) is 24.3 Å². The summed E-state index contributed by atoms with van der Waals surface area (Å²) in [6, 6.07) is 5.54. The third kappa shape index (κ3) is 7.38. The SMILES string of the molecule is Cl.NCCCC(=O)NCC(=O)Nc1cccc(F)c1. The first-order valence-corrected chi connectivity index (χ1v) is 5.64. The molecule has 0 aromatic heterocycles. The van der Waals surface area contributed by atoms with Gasteiger partial charge in [0, 0.05) is 12.1 Å². The van der Waals surface area contributed by atoms with Crippen LogP contribution in [0.3, 0.4) is 0 Å². The van der Waals surface area contributed by atoms with E-state index in [4.69, 9.17) is 5.73 Å². The van der Waals surface area contributed by atoms with Crippen LogP contribution in [0.25, 0.3) is 0 Å². The van der Waals surface area contributed by atoms with Crippen LogP contribution >= 0.6 is 12.4 Å². The highest BCUT2D eigenvalue weighted by molar-refractivity contribution is 5.94. The fourth-order valence-corrected chi connectivity index (χ4v) is 1.30. The van der Waals surface area contributed by atoms with E-state index in [-0.39, 0.29) is 24.9 Å². The molecule has 0 aliphatic rings. The summed E-state index contributed by atoms with van der Waals surface area (Å²) in [5, 5.41) is 4.93. The van der Waals surface area contributed by atoms with Gasteiger partial charge in [0.15, 0.2) is 0 Å². The molecule has 0 heterocycles. The molecule has 5 nitrogen and oxygen atoms in total. The maximum absolute atomic E-state index is 12.8. The molecule has 1 aromatic carbocycles. The zero-order chi connectivity index (χ0) is 13.4. The number of hydrogen-bond donors (Lipinski definition) is 3. The summed E-state index contributed by atoms with van der Waals surface area (Å²) in [6.07, 6.45) is 0.876. The number of rotatable bonds is 6. The van der Waals surface area contributed by atoms with Gasteiger partial charge in [0.2, 0.25) is 11.8 Å². The van der Waals surface area contributed by atoms with Gasteiger partial charge < -0.3 is 16.4 Å². The van der Waals surface area contributed by atoms with Crippen LogP contribution in [0.1, 0.15) is 12.8 Å². The maximum atomic E-state index is 12.8. The summed E-state index contributed by atoms with van der Waals surface area (Å²) >= 11 is 0. The Balaban J connectivity index is 0.00000324. The Bertz CT molecular complexity index is 429. The maximum Gasteiger partial charge on any atom is 0.243 e. The van der Waals surface area contributed by atoms with Crippen molar-refractivity contribution in [3.8, 4) is 0 Å². The van der Waals surface area contributed by atoms with E-state index in [1.165, 1.54) is 18.2 Å². The van der Waals surface area contributed by atoms with Crippen LogP contribution in [0.4, 0.5) is 10.1 Å². The van der Waals surface area contributed by atoms with E-state index in [2.05, 4.69) is 10.6 Å². The second-order valence-electron chi connectivity index (χ2n) is 3.73. The van der Waals surface area contributed by atoms with E-state index in [9.17, 15) is 14.0 Å². The molecule has 2 amide bonds. The largest absolute Gasteiger partial charge is 0.347 e. The molecular weight excluding hydrogens is 273 g/mol. The molecule has 4 N–H and O–H groups in total. The highest BCUT2D eigenvalue weighted by Gasteiger charge is 2.05. The minimum absolute atomic E-state index is 0. The molecule has 0 aliphatic carbocycles. The van der Waals surface area contributed by atoms with Gasteiger partial charge in [-0.3, -0.25) is 9.59 Å². The van der Waals surface area contributed by atoms with E-state index in [0.29, 0.717) is 25.1 Å². The minimum Gasteiger partial charge on any atom is -0.347 e. The highest BCUT2D eigenvalue weighted by Crippen LogP contribution is 2.08. The van der Waals surface area contributed by atoms with Gasteiger partial charge in [0.05, 0.1) is 6.54 Å². The van der Waals surface area contributed by atoms with Crippen LogP contribution in [0.2, 0.25) is 0 Å². The fourth-order valence-electron chi connectivity index (χ4n) is 1.30. The zero-order valence-corrected chi connectivity index (χ0v) is 11.1. The molecule has 1 rings (SSSR count). The Morgan fingerprint density at radius 2 is 2.00 bits per heavy atom. The summed E-state index contributed by atoms with van der Waals surface area (Å²) in [5.74, 6) is -1.06. The van der Waals surface area contributed by atoms with E-state index in [1.807, 2.05) is 0 Å². The Kier molecular flexibility index (Phi) is 8.48. The van der Waals surface area contributed by atoms with Gasteiger partial charge in [-0.05, 0) is 31.2 Å². The van der Waals surface area contributed by atoms with Crippen molar-refractivity contribution >= 4 is 29.9 Å². The highest BCUT2D eigenvalue weighted by atomic mass is 35.5. The van der Waals surface area contributed by atoms with E-state index in [1.54, 1.807) is 6.07 Å². The van der Waals surface area contributed by atoms with Crippen molar-refractivity contribution in [3.05, 3.63) is 30.1 Å². The summed E-state index contributed by atoms with van der Waals surface area (Å²) in [5.41, 5.74) is 5.61. The lowest BCUT2D eigenvalue weighted by Gasteiger charge is -2.06. The van der Waals surface area contributed by atoms with Crippen LogP contribution < -0.4 is 16.4 Å². The van der Waals surface area contributed by atoms with E-state index < -0.39 is 11.7 Å². The van der Waals surface area contributed by atoms with Crippen LogP contribution in [-0.4, -0.2) is 24.9 Å². The van der Waals surface area contributed by atoms with Gasteiger partial charge in [-0.15, -0.1) is 12.4 Å². The number of nitrogens with two attached hydrogens (primary N) is 1. The molecule has 1 aromatic rings. The van der Waals surface area contributed by atoms with Crippen molar-refractivity contribution < 1.29 is 14.0 Å². The molecule has 7 heteroatoms. The topological polar surface area (TPSA) is 84.2 Å². The van der Waals surface area contributed by atoms with Gasteiger partial charge >= 0.3 is 0 Å². The normalized spacial score (nSPS) is 9.37. The molecule has 106 valence electrons. The molecule has 0 fully saturated rings. The first kappa shape index (κ1) is 17.3. The van der Waals surface area contributed by atoms with Gasteiger partial charge in [-0.25, -0.2) is 4.39 Å². The number of carbonyl (C=O) groups excluding carboxylic acids is 2. The zero-order valence-electron chi connectivity index (χ0n) is 10.3. The van der Waals surface area contributed by atoms with Crippen LogP contribution in [-0.2, 0) is 9.59 Å². The Morgan fingerprint density at radius 1 is 1.26 bits per heavy atom. The Hall–Kier alpha value is -1.66. The predicted molar refractivity (Wildman–Crippen MR) is 73.6 cm³/mol. The lowest BCUT2D eigenvalue weighted by Crippen LogP contribution is -2.32. The van der Waals surface area contributed by atoms with Gasteiger partial charge in [0.1, 0.15) is 5.82 Å². The molecule has 19 heavy (non-hydrogen) atoms. The summed E-state index contributed by atoms with van der Waals surface area (Å²) in [7, 11) is 0. The van der Waals surface area contributed by atoms with Gasteiger partial charge in [-0.2, -0.15) is 0 Å². The third-order valence-corrected chi connectivity index (χ3v) is 2.16. The molecule has 0 aliphatic heterocycles. The molecule has 0 radical (unpaired) electrons. The molecule has 0 unspecified atom stereocenters. The lowest BCUT2D eigenvalue weighted by molar-refractivity contribution is -0.124. The summed E-state index contributed by atoms with van der Waals surface area (Å²) in [6.45, 7) is 0.294. The predicted octanol–water partition coefficient (Wildman–Crippen LogP) is 1.04. The van der Waals surface area contributed by atoms with Crippen molar-refractivity contribution in [1.29, 1.82) is 0 Å². The third-order valence-electron chi connectivity index (χ3n) is 2.16. The molecule has 0 saturated heterocycles. The van der Waals surface area contributed by atoms with Crippen molar-refractivity contribution in [1.82, 2.24) is 5.32 Å². The monoisotopic (exact) mass is 289 g/mol. The fraction of sp³-hybridized carbons (Fsp3) is 0.333. The smallest absolute Gasteiger partial charge is 0.243 e. The van der Waals surface area contributed by atoms with Gasteiger partial charge in [0.25, 0.3) is 0 Å².